The first kappa shape index (κ1) is 28.4. The van der Waals surface area contributed by atoms with E-state index in [1.54, 1.807) is 0 Å². The van der Waals surface area contributed by atoms with Crippen LogP contribution in [0.5, 0.6) is 0 Å². The van der Waals surface area contributed by atoms with Crippen molar-refractivity contribution in [1.82, 2.24) is 0 Å². The first-order valence-corrected chi connectivity index (χ1v) is 21.8. The van der Waals surface area contributed by atoms with E-state index in [1.807, 2.05) is 0 Å². The summed E-state index contributed by atoms with van der Waals surface area (Å²) >= 11 is 0. The molecule has 0 N–H and O–H groups in total. The fourth-order valence-corrected chi connectivity index (χ4v) is 11.3. The van der Waals surface area contributed by atoms with E-state index in [2.05, 4.69) is 104 Å². The first-order chi connectivity index (χ1) is 18.0. The second-order valence-electron chi connectivity index (χ2n) is 16.3. The summed E-state index contributed by atoms with van der Waals surface area (Å²) in [4.78, 5) is 0. The lowest BCUT2D eigenvalue weighted by Crippen LogP contribution is -2.67. The number of rotatable bonds is 6. The molecule has 1 aromatic carbocycles. The van der Waals surface area contributed by atoms with Crippen LogP contribution in [0.4, 0.5) is 0 Å². The quantitative estimate of drug-likeness (QED) is 0.257. The second kappa shape index (κ2) is 8.87. The van der Waals surface area contributed by atoms with Gasteiger partial charge in [0, 0.05) is 18.3 Å². The molecule has 3 heterocycles. The van der Waals surface area contributed by atoms with E-state index in [0.717, 1.165) is 25.7 Å². The van der Waals surface area contributed by atoms with Gasteiger partial charge in [-0.1, -0.05) is 71.0 Å². The Morgan fingerprint density at radius 1 is 1.03 bits per heavy atom. The van der Waals surface area contributed by atoms with Gasteiger partial charge in [-0.25, -0.2) is 0 Å². The predicted octanol–water partition coefficient (Wildman–Crippen LogP) is 8.06. The molecular weight excluding hydrogens is 517 g/mol. The highest BCUT2D eigenvalue weighted by Gasteiger charge is 2.79. The lowest BCUT2D eigenvalue weighted by atomic mass is 9.60. The van der Waals surface area contributed by atoms with Crippen LogP contribution >= 0.6 is 0 Å². The van der Waals surface area contributed by atoms with Crippen LogP contribution in [0.25, 0.3) is 6.08 Å². The molecule has 1 aromatic rings. The Morgan fingerprint density at radius 2 is 1.72 bits per heavy atom. The molecule has 0 amide bonds. The fourth-order valence-electron chi connectivity index (χ4n) is 8.82. The zero-order valence-electron chi connectivity index (χ0n) is 26.1. The van der Waals surface area contributed by atoms with Crippen LogP contribution in [0.15, 0.2) is 35.9 Å². The van der Waals surface area contributed by atoms with Crippen LogP contribution in [0.3, 0.4) is 0 Å². The Balaban J connectivity index is 1.50. The molecule has 5 fully saturated rings. The van der Waals surface area contributed by atoms with Crippen molar-refractivity contribution < 1.29 is 18.3 Å². The topological polar surface area (TPSA) is 40.2 Å². The number of benzene rings is 1. The van der Waals surface area contributed by atoms with Gasteiger partial charge in [-0.15, -0.1) is 0 Å². The Hall–Kier alpha value is -0.766. The summed E-state index contributed by atoms with van der Waals surface area (Å²) in [6, 6.07) is 10.9. The minimum Gasteiger partial charge on any atom is -0.414 e. The van der Waals surface area contributed by atoms with E-state index < -0.39 is 16.6 Å². The van der Waals surface area contributed by atoms with Gasteiger partial charge in [-0.3, -0.25) is 0 Å². The van der Waals surface area contributed by atoms with Crippen molar-refractivity contribution in [2.75, 3.05) is 6.61 Å². The zero-order chi connectivity index (χ0) is 28.2. The maximum atomic E-state index is 7.62. The summed E-state index contributed by atoms with van der Waals surface area (Å²) in [6.07, 6.45) is 7.40. The molecule has 39 heavy (non-hydrogen) atoms. The summed E-state index contributed by atoms with van der Waals surface area (Å²) in [5.41, 5.74) is 1.89. The number of hydrogen-bond acceptors (Lipinski definition) is 4. The monoisotopic (exact) mass is 568 g/mol. The van der Waals surface area contributed by atoms with E-state index in [1.165, 1.54) is 11.1 Å². The summed E-state index contributed by atoms with van der Waals surface area (Å²) in [6.45, 7) is 24.4. The summed E-state index contributed by atoms with van der Waals surface area (Å²) < 4.78 is 28.7. The number of epoxide rings is 1. The third-order valence-corrected chi connectivity index (χ3v) is 16.8. The minimum atomic E-state index is -1.96. The van der Waals surface area contributed by atoms with E-state index >= 15 is 0 Å². The van der Waals surface area contributed by atoms with Gasteiger partial charge < -0.3 is 18.3 Å². The SMILES string of the molecule is C[C@@H]1C[C@H]2[C@]34O[C@@](CO[Si](C)(C)C(C)(C)C)(C[C@H]3[C@H]3O[C@H]3C[C@@H]4C)C[C@]2(O[Si](C)(C)C)/C1=C\c1ccccc1. The van der Waals surface area contributed by atoms with Gasteiger partial charge in [0.1, 0.15) is 0 Å². The predicted molar refractivity (Wildman–Crippen MR) is 164 cm³/mol. The largest absolute Gasteiger partial charge is 0.414 e. The minimum absolute atomic E-state index is 0.161. The molecule has 0 unspecified atom stereocenters. The Morgan fingerprint density at radius 3 is 2.36 bits per heavy atom. The Bertz CT molecular complexity index is 1140. The zero-order valence-corrected chi connectivity index (χ0v) is 28.1. The number of fused-ring (bicyclic) bond motifs is 4. The average Bonchev–Trinajstić information content (AvgIpc) is 3.45. The van der Waals surface area contributed by atoms with Gasteiger partial charge in [-0.05, 0) is 80.0 Å². The van der Waals surface area contributed by atoms with Crippen molar-refractivity contribution in [3.63, 3.8) is 0 Å². The highest BCUT2D eigenvalue weighted by molar-refractivity contribution is 6.74. The van der Waals surface area contributed by atoms with Crippen molar-refractivity contribution in [3.8, 4) is 0 Å². The maximum absolute atomic E-state index is 7.62. The van der Waals surface area contributed by atoms with Crippen LogP contribution in [0.2, 0.25) is 37.8 Å². The smallest absolute Gasteiger partial charge is 0.192 e. The fraction of sp³-hybridized carbons (Fsp3) is 0.758. The molecule has 0 aromatic heterocycles. The molecule has 3 aliphatic heterocycles. The molecule has 0 radical (unpaired) electrons. The molecule has 5 aliphatic rings. The highest BCUT2D eigenvalue weighted by Crippen LogP contribution is 2.72. The normalized spacial score (nSPS) is 44.2. The van der Waals surface area contributed by atoms with Crippen molar-refractivity contribution in [2.45, 2.75) is 127 Å². The third-order valence-electron chi connectivity index (χ3n) is 11.4. The molecule has 2 saturated carbocycles. The van der Waals surface area contributed by atoms with Crippen molar-refractivity contribution >= 4 is 22.7 Å². The Kier molecular flexibility index (Phi) is 6.45. The number of hydrogen-bond donors (Lipinski definition) is 0. The second-order valence-corrected chi connectivity index (χ2v) is 25.5. The lowest BCUT2D eigenvalue weighted by molar-refractivity contribution is -0.257. The van der Waals surface area contributed by atoms with E-state index in [9.17, 15) is 0 Å². The van der Waals surface area contributed by atoms with Crippen molar-refractivity contribution in [2.24, 2.45) is 23.7 Å². The van der Waals surface area contributed by atoms with Crippen LogP contribution in [0.1, 0.15) is 65.9 Å². The standard InChI is InChI=1S/C33H52O4Si2/c1-22-16-28-32(37-38(6,7)8,25(22)18-24-14-12-11-13-15-24)20-31(21-34-39(9,10)30(3,4)5)19-26-29-27(35-29)17-23(2)33(26,28)36-31/h11-15,18,22-23,26-29H,16-17,19-21H2,1-10H3/b25-18-/t22-,23+,26+,27+,28-,29-,31+,32+,33-/m1/s1. The molecule has 6 heteroatoms. The molecule has 2 bridgehead atoms. The van der Waals surface area contributed by atoms with Crippen LogP contribution in [0, 0.1) is 23.7 Å². The molecule has 6 rings (SSSR count). The number of ether oxygens (including phenoxy) is 2. The molecule has 1 spiro atoms. The Labute approximate surface area is 239 Å². The summed E-state index contributed by atoms with van der Waals surface area (Å²) in [5.74, 6) is 1.66. The van der Waals surface area contributed by atoms with Gasteiger partial charge in [0.05, 0.1) is 35.6 Å². The van der Waals surface area contributed by atoms with Crippen LogP contribution < -0.4 is 0 Å². The van der Waals surface area contributed by atoms with Gasteiger partial charge in [0.15, 0.2) is 16.6 Å². The van der Waals surface area contributed by atoms with Crippen LogP contribution in [-0.4, -0.2) is 52.3 Å². The highest BCUT2D eigenvalue weighted by atomic mass is 28.4. The van der Waals surface area contributed by atoms with Crippen LogP contribution in [-0.2, 0) is 18.3 Å². The van der Waals surface area contributed by atoms with Gasteiger partial charge in [0.2, 0.25) is 0 Å². The molecular formula is C33H52O4Si2. The molecule has 9 atom stereocenters. The van der Waals surface area contributed by atoms with E-state index in [0.29, 0.717) is 42.5 Å². The molecule has 216 valence electrons. The third kappa shape index (κ3) is 4.42. The van der Waals surface area contributed by atoms with Gasteiger partial charge in [-0.2, -0.15) is 0 Å². The van der Waals surface area contributed by atoms with E-state index in [-0.39, 0.29) is 21.8 Å². The van der Waals surface area contributed by atoms with Crippen molar-refractivity contribution in [1.29, 1.82) is 0 Å². The maximum Gasteiger partial charge on any atom is 0.192 e. The summed E-state index contributed by atoms with van der Waals surface area (Å²) in [5, 5.41) is 0.161. The molecule has 2 aliphatic carbocycles. The summed E-state index contributed by atoms with van der Waals surface area (Å²) in [7, 11) is -3.89. The van der Waals surface area contributed by atoms with Gasteiger partial charge >= 0.3 is 0 Å². The van der Waals surface area contributed by atoms with Crippen molar-refractivity contribution in [3.05, 3.63) is 41.5 Å². The van der Waals surface area contributed by atoms with E-state index in [4.69, 9.17) is 18.3 Å². The molecule has 3 saturated heterocycles. The first-order valence-electron chi connectivity index (χ1n) is 15.5. The lowest BCUT2D eigenvalue weighted by Gasteiger charge is -2.59. The average molecular weight is 569 g/mol. The molecule has 4 nitrogen and oxygen atoms in total. The van der Waals surface area contributed by atoms with Gasteiger partial charge in [0.25, 0.3) is 0 Å².